The molecule has 1 N–H and O–H groups in total. The molecule has 0 radical (unpaired) electrons. The van der Waals surface area contributed by atoms with Gasteiger partial charge in [-0.3, -0.25) is 0 Å². The highest BCUT2D eigenvalue weighted by molar-refractivity contribution is 4.86. The van der Waals surface area contributed by atoms with Crippen molar-refractivity contribution >= 4 is 0 Å². The fourth-order valence-electron chi connectivity index (χ4n) is 4.27. The lowest BCUT2D eigenvalue weighted by atomic mass is 9.71. The summed E-state index contributed by atoms with van der Waals surface area (Å²) < 4.78 is 0. The van der Waals surface area contributed by atoms with E-state index in [2.05, 4.69) is 33.0 Å². The fourth-order valence-corrected chi connectivity index (χ4v) is 4.27. The number of hydrogen-bond acceptors (Lipinski definition) is 1. The first kappa shape index (κ1) is 15.4. The van der Waals surface area contributed by atoms with Crippen molar-refractivity contribution in [3.05, 3.63) is 0 Å². The van der Waals surface area contributed by atoms with Gasteiger partial charge in [-0.15, -0.1) is 0 Å². The minimum atomic E-state index is 0.514. The molecule has 0 spiro atoms. The standard InChI is InChI=1S/C18H35N/c1-14(15-8-6-5-7-9-15)19-17-12-10-16(11-13-17)18(2,3)4/h14-17,19H,5-13H2,1-4H3/t14-,16?,17?/m1/s1. The molecule has 0 unspecified atom stereocenters. The van der Waals surface area contributed by atoms with Gasteiger partial charge in [0.15, 0.2) is 0 Å². The molecule has 19 heavy (non-hydrogen) atoms. The maximum absolute atomic E-state index is 3.96. The molecule has 2 saturated carbocycles. The second kappa shape index (κ2) is 6.61. The SMILES string of the molecule is C[C@@H](NC1CCC(C(C)(C)C)CC1)C1CCCCC1. The van der Waals surface area contributed by atoms with Gasteiger partial charge in [0.1, 0.15) is 0 Å². The average molecular weight is 265 g/mol. The van der Waals surface area contributed by atoms with E-state index >= 15 is 0 Å². The molecule has 1 atom stereocenters. The molecule has 0 heterocycles. The van der Waals surface area contributed by atoms with E-state index in [-0.39, 0.29) is 0 Å². The predicted octanol–water partition coefficient (Wildman–Crippen LogP) is 5.15. The summed E-state index contributed by atoms with van der Waals surface area (Å²) in [6.07, 6.45) is 13.0. The molecule has 2 rings (SSSR count). The lowest BCUT2D eigenvalue weighted by Gasteiger charge is -2.39. The highest BCUT2D eigenvalue weighted by atomic mass is 15.0. The Morgan fingerprint density at radius 1 is 0.842 bits per heavy atom. The van der Waals surface area contributed by atoms with E-state index in [1.165, 1.54) is 57.8 Å². The predicted molar refractivity (Wildman–Crippen MR) is 84.4 cm³/mol. The molecule has 0 bridgehead atoms. The smallest absolute Gasteiger partial charge is 0.00698 e. The zero-order valence-electron chi connectivity index (χ0n) is 13.7. The van der Waals surface area contributed by atoms with Gasteiger partial charge in [-0.2, -0.15) is 0 Å². The average Bonchev–Trinajstić information content (AvgIpc) is 2.39. The van der Waals surface area contributed by atoms with E-state index in [0.29, 0.717) is 5.41 Å². The Hall–Kier alpha value is -0.0400. The van der Waals surface area contributed by atoms with Gasteiger partial charge in [-0.1, -0.05) is 40.0 Å². The summed E-state index contributed by atoms with van der Waals surface area (Å²) >= 11 is 0. The normalized spacial score (nSPS) is 32.2. The van der Waals surface area contributed by atoms with Crippen molar-refractivity contribution in [3.63, 3.8) is 0 Å². The topological polar surface area (TPSA) is 12.0 Å². The van der Waals surface area contributed by atoms with E-state index in [1.807, 2.05) is 0 Å². The van der Waals surface area contributed by atoms with Crippen molar-refractivity contribution in [1.29, 1.82) is 0 Å². The van der Waals surface area contributed by atoms with Gasteiger partial charge in [0, 0.05) is 12.1 Å². The van der Waals surface area contributed by atoms with Crippen LogP contribution in [-0.4, -0.2) is 12.1 Å². The van der Waals surface area contributed by atoms with E-state index in [4.69, 9.17) is 0 Å². The van der Waals surface area contributed by atoms with Crippen LogP contribution >= 0.6 is 0 Å². The third-order valence-corrected chi connectivity index (χ3v) is 5.81. The number of nitrogens with one attached hydrogen (secondary N) is 1. The number of hydrogen-bond donors (Lipinski definition) is 1. The van der Waals surface area contributed by atoms with Crippen molar-refractivity contribution in [3.8, 4) is 0 Å². The number of rotatable bonds is 3. The van der Waals surface area contributed by atoms with Gasteiger partial charge in [-0.05, 0) is 62.7 Å². The van der Waals surface area contributed by atoms with Gasteiger partial charge >= 0.3 is 0 Å². The van der Waals surface area contributed by atoms with Crippen molar-refractivity contribution in [2.75, 3.05) is 0 Å². The highest BCUT2D eigenvalue weighted by Gasteiger charge is 2.31. The highest BCUT2D eigenvalue weighted by Crippen LogP contribution is 2.38. The van der Waals surface area contributed by atoms with Crippen LogP contribution in [0.15, 0.2) is 0 Å². The minimum absolute atomic E-state index is 0.514. The lowest BCUT2D eigenvalue weighted by Crippen LogP contribution is -2.44. The summed E-state index contributed by atoms with van der Waals surface area (Å²) in [6, 6.07) is 1.55. The molecule has 2 aliphatic carbocycles. The first-order valence-electron chi connectivity index (χ1n) is 8.73. The molecule has 0 amide bonds. The van der Waals surface area contributed by atoms with Crippen molar-refractivity contribution in [2.45, 2.75) is 97.6 Å². The Morgan fingerprint density at radius 3 is 1.95 bits per heavy atom. The quantitative estimate of drug-likeness (QED) is 0.744. The van der Waals surface area contributed by atoms with Gasteiger partial charge in [0.25, 0.3) is 0 Å². The molecule has 1 heteroatoms. The van der Waals surface area contributed by atoms with Gasteiger partial charge in [0.05, 0.1) is 0 Å². The molecule has 0 saturated heterocycles. The Bertz CT molecular complexity index is 251. The van der Waals surface area contributed by atoms with Crippen molar-refractivity contribution < 1.29 is 0 Å². The molecule has 2 fully saturated rings. The molecule has 0 aromatic heterocycles. The maximum atomic E-state index is 3.96. The van der Waals surface area contributed by atoms with Crippen LogP contribution in [0.1, 0.15) is 85.5 Å². The van der Waals surface area contributed by atoms with Crippen LogP contribution in [0.2, 0.25) is 0 Å². The maximum Gasteiger partial charge on any atom is 0.00698 e. The third kappa shape index (κ3) is 4.48. The van der Waals surface area contributed by atoms with Gasteiger partial charge in [-0.25, -0.2) is 0 Å². The third-order valence-electron chi connectivity index (χ3n) is 5.81. The molecule has 112 valence electrons. The van der Waals surface area contributed by atoms with Crippen LogP contribution in [0, 0.1) is 17.3 Å². The summed E-state index contributed by atoms with van der Waals surface area (Å²) in [7, 11) is 0. The molecule has 1 nitrogen and oxygen atoms in total. The van der Waals surface area contributed by atoms with Crippen LogP contribution in [0.5, 0.6) is 0 Å². The Kier molecular flexibility index (Phi) is 5.34. The van der Waals surface area contributed by atoms with E-state index in [9.17, 15) is 0 Å². The van der Waals surface area contributed by atoms with E-state index in [0.717, 1.165) is 23.9 Å². The van der Waals surface area contributed by atoms with E-state index < -0.39 is 0 Å². The Labute approximate surface area is 120 Å². The second-order valence-electron chi connectivity index (χ2n) is 8.27. The van der Waals surface area contributed by atoms with Gasteiger partial charge in [0.2, 0.25) is 0 Å². The Morgan fingerprint density at radius 2 is 1.42 bits per heavy atom. The zero-order chi connectivity index (χ0) is 13.9. The molecule has 2 aliphatic rings. The summed E-state index contributed by atoms with van der Waals surface area (Å²) in [5, 5.41) is 3.96. The summed E-state index contributed by atoms with van der Waals surface area (Å²) in [6.45, 7) is 9.67. The lowest BCUT2D eigenvalue weighted by molar-refractivity contribution is 0.148. The first-order chi connectivity index (χ1) is 8.97. The van der Waals surface area contributed by atoms with Crippen molar-refractivity contribution in [2.24, 2.45) is 17.3 Å². The van der Waals surface area contributed by atoms with Crippen LogP contribution in [0.3, 0.4) is 0 Å². The summed E-state index contributed by atoms with van der Waals surface area (Å²) in [5.74, 6) is 1.89. The van der Waals surface area contributed by atoms with Crippen LogP contribution in [0.4, 0.5) is 0 Å². The summed E-state index contributed by atoms with van der Waals surface area (Å²) in [5.41, 5.74) is 0.514. The minimum Gasteiger partial charge on any atom is -0.311 e. The first-order valence-corrected chi connectivity index (χ1v) is 8.73. The largest absolute Gasteiger partial charge is 0.311 e. The van der Waals surface area contributed by atoms with Gasteiger partial charge < -0.3 is 5.32 Å². The van der Waals surface area contributed by atoms with Crippen LogP contribution < -0.4 is 5.32 Å². The Balaban J connectivity index is 1.73. The molecule has 0 aromatic carbocycles. The zero-order valence-corrected chi connectivity index (χ0v) is 13.7. The van der Waals surface area contributed by atoms with Crippen LogP contribution in [-0.2, 0) is 0 Å². The summed E-state index contributed by atoms with van der Waals surface area (Å²) in [4.78, 5) is 0. The van der Waals surface area contributed by atoms with Crippen molar-refractivity contribution in [1.82, 2.24) is 5.32 Å². The fraction of sp³-hybridized carbons (Fsp3) is 1.00. The van der Waals surface area contributed by atoms with E-state index in [1.54, 1.807) is 0 Å². The molecule has 0 aliphatic heterocycles. The molecular formula is C18H35N. The second-order valence-corrected chi connectivity index (χ2v) is 8.27. The van der Waals surface area contributed by atoms with Crippen LogP contribution in [0.25, 0.3) is 0 Å². The molecule has 0 aromatic rings. The monoisotopic (exact) mass is 265 g/mol. The molecular weight excluding hydrogens is 230 g/mol.